The Kier molecular flexibility index (Phi) is 5.29. The van der Waals surface area contributed by atoms with E-state index in [4.69, 9.17) is 4.74 Å². The molecule has 0 spiro atoms. The van der Waals surface area contributed by atoms with Gasteiger partial charge in [0.15, 0.2) is 5.82 Å². The molecule has 7 heteroatoms. The van der Waals surface area contributed by atoms with E-state index in [0.29, 0.717) is 25.2 Å². The predicted molar refractivity (Wildman–Crippen MR) is 69.4 cm³/mol. The number of aromatic nitrogens is 3. The first-order valence-electron chi connectivity index (χ1n) is 6.28. The van der Waals surface area contributed by atoms with Crippen molar-refractivity contribution in [3.63, 3.8) is 0 Å². The van der Waals surface area contributed by atoms with Crippen LogP contribution in [0.1, 0.15) is 45.5 Å². The van der Waals surface area contributed by atoms with Crippen molar-refractivity contribution in [1.29, 1.82) is 0 Å². The van der Waals surface area contributed by atoms with Crippen LogP contribution in [0, 0.1) is 0 Å². The molecule has 108 valence electrons. The maximum absolute atomic E-state index is 11.4. The smallest absolute Gasteiger partial charge is 0.407 e. The van der Waals surface area contributed by atoms with Crippen molar-refractivity contribution in [2.75, 3.05) is 6.54 Å². The number of rotatable bonds is 5. The molecule has 1 atom stereocenters. The van der Waals surface area contributed by atoms with Gasteiger partial charge in [-0.05, 0) is 33.6 Å². The minimum absolute atomic E-state index is 0.444. The van der Waals surface area contributed by atoms with E-state index in [-0.39, 0.29) is 0 Å². The van der Waals surface area contributed by atoms with E-state index in [0.717, 1.165) is 0 Å². The molecule has 0 aliphatic carbocycles. The summed E-state index contributed by atoms with van der Waals surface area (Å²) in [6.07, 6.45) is 1.42. The van der Waals surface area contributed by atoms with E-state index in [9.17, 15) is 9.90 Å². The molecule has 1 unspecified atom stereocenters. The molecule has 1 aromatic rings. The zero-order chi connectivity index (χ0) is 14.5. The molecule has 0 radical (unpaired) electrons. The molecule has 0 aromatic carbocycles. The maximum atomic E-state index is 11.4. The van der Waals surface area contributed by atoms with Crippen LogP contribution in [0.4, 0.5) is 4.79 Å². The Morgan fingerprint density at radius 1 is 1.58 bits per heavy atom. The van der Waals surface area contributed by atoms with Crippen LogP contribution in [0.2, 0.25) is 0 Å². The van der Waals surface area contributed by atoms with Gasteiger partial charge in [0.2, 0.25) is 0 Å². The van der Waals surface area contributed by atoms with E-state index < -0.39 is 17.8 Å². The molecule has 1 rings (SSSR count). The number of aryl methyl sites for hydroxylation is 1. The highest BCUT2D eigenvalue weighted by Gasteiger charge is 2.16. The highest BCUT2D eigenvalue weighted by molar-refractivity contribution is 5.67. The number of nitrogens with one attached hydrogen (secondary N) is 1. The van der Waals surface area contributed by atoms with Gasteiger partial charge in [-0.3, -0.25) is 4.68 Å². The number of alkyl carbamates (subject to hydrolysis) is 1. The first-order valence-corrected chi connectivity index (χ1v) is 6.28. The fraction of sp³-hybridized carbons (Fsp3) is 0.750. The van der Waals surface area contributed by atoms with Gasteiger partial charge in [-0.25, -0.2) is 9.78 Å². The third-order valence-corrected chi connectivity index (χ3v) is 2.37. The van der Waals surface area contributed by atoms with Gasteiger partial charge in [0, 0.05) is 13.6 Å². The summed E-state index contributed by atoms with van der Waals surface area (Å²) in [7, 11) is 1.73. The predicted octanol–water partition coefficient (Wildman–Crippen LogP) is 1.15. The van der Waals surface area contributed by atoms with Crippen LogP contribution < -0.4 is 5.32 Å². The van der Waals surface area contributed by atoms with Crippen LogP contribution in [0.5, 0.6) is 0 Å². The van der Waals surface area contributed by atoms with Crippen LogP contribution in [0.25, 0.3) is 0 Å². The lowest BCUT2D eigenvalue weighted by Crippen LogP contribution is -2.33. The van der Waals surface area contributed by atoms with Crippen molar-refractivity contribution in [2.45, 2.75) is 45.3 Å². The first-order chi connectivity index (χ1) is 8.79. The minimum Gasteiger partial charge on any atom is -0.444 e. The molecule has 0 saturated carbocycles. The molecular weight excluding hydrogens is 248 g/mol. The third-order valence-electron chi connectivity index (χ3n) is 2.37. The summed E-state index contributed by atoms with van der Waals surface area (Å²) >= 11 is 0. The molecule has 0 fully saturated rings. The number of amides is 1. The second-order valence-corrected chi connectivity index (χ2v) is 5.33. The number of nitrogens with zero attached hydrogens (tertiary/aromatic N) is 3. The Balaban J connectivity index is 2.21. The van der Waals surface area contributed by atoms with Crippen molar-refractivity contribution in [1.82, 2.24) is 20.1 Å². The van der Waals surface area contributed by atoms with Crippen molar-refractivity contribution >= 4 is 6.09 Å². The molecule has 0 bridgehead atoms. The summed E-state index contributed by atoms with van der Waals surface area (Å²) in [6.45, 7) is 5.88. The first kappa shape index (κ1) is 15.4. The number of carbonyl (C=O) groups excluding carboxylic acids is 1. The molecule has 0 aliphatic rings. The zero-order valence-corrected chi connectivity index (χ0v) is 11.9. The topological polar surface area (TPSA) is 89.3 Å². The molecule has 1 aromatic heterocycles. The average molecular weight is 270 g/mol. The molecule has 7 nitrogen and oxygen atoms in total. The van der Waals surface area contributed by atoms with Gasteiger partial charge in [-0.1, -0.05) is 0 Å². The summed E-state index contributed by atoms with van der Waals surface area (Å²) in [5, 5.41) is 16.4. The molecule has 1 amide bonds. The molecule has 19 heavy (non-hydrogen) atoms. The van der Waals surface area contributed by atoms with E-state index in [1.807, 2.05) is 20.8 Å². The Bertz CT molecular complexity index is 411. The van der Waals surface area contributed by atoms with Crippen LogP contribution in [-0.2, 0) is 11.8 Å². The van der Waals surface area contributed by atoms with Crippen LogP contribution in [0.15, 0.2) is 6.33 Å². The molecular formula is C12H22N4O3. The minimum atomic E-state index is -0.673. The largest absolute Gasteiger partial charge is 0.444 e. The van der Waals surface area contributed by atoms with Gasteiger partial charge >= 0.3 is 6.09 Å². The van der Waals surface area contributed by atoms with Crippen molar-refractivity contribution in [3.05, 3.63) is 12.2 Å². The Morgan fingerprint density at radius 3 is 2.79 bits per heavy atom. The van der Waals surface area contributed by atoms with Crippen LogP contribution in [-0.4, -0.2) is 38.1 Å². The zero-order valence-electron chi connectivity index (χ0n) is 11.9. The SMILES string of the molecule is Cn1ncnc1C(O)CCCNC(=O)OC(C)(C)C. The van der Waals surface area contributed by atoms with Crippen LogP contribution >= 0.6 is 0 Å². The number of hydrogen-bond acceptors (Lipinski definition) is 5. The van der Waals surface area contributed by atoms with Crippen molar-refractivity contribution in [3.8, 4) is 0 Å². The second-order valence-electron chi connectivity index (χ2n) is 5.33. The van der Waals surface area contributed by atoms with Crippen molar-refractivity contribution < 1.29 is 14.6 Å². The van der Waals surface area contributed by atoms with Gasteiger partial charge < -0.3 is 15.2 Å². The fourth-order valence-corrected chi connectivity index (χ4v) is 1.54. The monoisotopic (exact) mass is 270 g/mol. The fourth-order valence-electron chi connectivity index (χ4n) is 1.54. The van der Waals surface area contributed by atoms with Gasteiger partial charge in [0.1, 0.15) is 18.0 Å². The van der Waals surface area contributed by atoms with Crippen LogP contribution in [0.3, 0.4) is 0 Å². The van der Waals surface area contributed by atoms with Gasteiger partial charge in [0.25, 0.3) is 0 Å². The van der Waals surface area contributed by atoms with E-state index in [1.165, 1.54) is 11.0 Å². The lowest BCUT2D eigenvalue weighted by molar-refractivity contribution is 0.0523. The molecule has 1 heterocycles. The quantitative estimate of drug-likeness (QED) is 0.783. The van der Waals surface area contributed by atoms with E-state index >= 15 is 0 Å². The standard InChI is InChI=1S/C12H22N4O3/c1-12(2,3)19-11(18)13-7-5-6-9(17)10-14-8-15-16(10)4/h8-9,17H,5-7H2,1-4H3,(H,13,18). The van der Waals surface area contributed by atoms with Gasteiger partial charge in [-0.15, -0.1) is 0 Å². The Morgan fingerprint density at radius 2 is 2.26 bits per heavy atom. The Labute approximate surface area is 113 Å². The number of aliphatic hydroxyl groups is 1. The lowest BCUT2D eigenvalue weighted by atomic mass is 10.2. The number of aliphatic hydroxyl groups excluding tert-OH is 1. The van der Waals surface area contributed by atoms with E-state index in [1.54, 1.807) is 7.05 Å². The lowest BCUT2D eigenvalue weighted by Gasteiger charge is -2.19. The third kappa shape index (κ3) is 5.69. The number of carbonyl (C=O) groups is 1. The highest BCUT2D eigenvalue weighted by atomic mass is 16.6. The van der Waals surface area contributed by atoms with Crippen molar-refractivity contribution in [2.24, 2.45) is 7.05 Å². The van der Waals surface area contributed by atoms with E-state index in [2.05, 4.69) is 15.4 Å². The maximum Gasteiger partial charge on any atom is 0.407 e. The summed E-state index contributed by atoms with van der Waals surface area (Å²) < 4.78 is 6.63. The molecule has 2 N–H and O–H groups in total. The molecule has 0 saturated heterocycles. The normalized spacial score (nSPS) is 13.1. The van der Waals surface area contributed by atoms with Gasteiger partial charge in [-0.2, -0.15) is 5.10 Å². The second kappa shape index (κ2) is 6.51. The summed E-state index contributed by atoms with van der Waals surface area (Å²) in [5.74, 6) is 0.525. The van der Waals surface area contributed by atoms with Gasteiger partial charge in [0.05, 0.1) is 0 Å². The molecule has 0 aliphatic heterocycles. The summed E-state index contributed by atoms with van der Waals surface area (Å²) in [5.41, 5.74) is -0.498. The Hall–Kier alpha value is -1.63. The average Bonchev–Trinajstić information content (AvgIpc) is 2.68. The summed E-state index contributed by atoms with van der Waals surface area (Å²) in [6, 6.07) is 0. The highest BCUT2D eigenvalue weighted by Crippen LogP contribution is 2.14. The number of ether oxygens (including phenoxy) is 1. The number of hydrogen-bond donors (Lipinski definition) is 2. The summed E-state index contributed by atoms with van der Waals surface area (Å²) in [4.78, 5) is 15.3.